The number of ether oxygens (including phenoxy) is 1. The summed E-state index contributed by atoms with van der Waals surface area (Å²) in [6, 6.07) is 5.72. The molecule has 0 spiro atoms. The van der Waals surface area contributed by atoms with Gasteiger partial charge in [0, 0.05) is 18.9 Å². The zero-order chi connectivity index (χ0) is 13.0. The van der Waals surface area contributed by atoms with Gasteiger partial charge in [0.15, 0.2) is 0 Å². The van der Waals surface area contributed by atoms with Gasteiger partial charge in [-0.05, 0) is 33.6 Å². The highest BCUT2D eigenvalue weighted by Crippen LogP contribution is 2.32. The number of hydrogen-bond acceptors (Lipinski definition) is 5. The van der Waals surface area contributed by atoms with Gasteiger partial charge in [0.05, 0.1) is 16.6 Å². The largest absolute Gasteiger partial charge is 0.465 e. The molecule has 0 saturated carbocycles. The van der Waals surface area contributed by atoms with Crippen LogP contribution in [0.3, 0.4) is 0 Å². The first-order valence-electron chi connectivity index (χ1n) is 5.21. The van der Waals surface area contributed by atoms with Crippen LogP contribution in [-0.2, 0) is 11.3 Å². The van der Waals surface area contributed by atoms with Crippen molar-refractivity contribution in [3.63, 3.8) is 0 Å². The molecule has 0 saturated heterocycles. The molecular formula is C12H11BrN2O2S. The van der Waals surface area contributed by atoms with Crippen LogP contribution in [0, 0.1) is 0 Å². The predicted octanol–water partition coefficient (Wildman–Crippen LogP) is 3.30. The third kappa shape index (κ3) is 3.08. The summed E-state index contributed by atoms with van der Waals surface area (Å²) in [5, 5.41) is 3.21. The Balaban J connectivity index is 2.12. The number of carbonyl (C=O) groups excluding carboxylic acids is 1. The Kier molecular flexibility index (Phi) is 4.33. The van der Waals surface area contributed by atoms with E-state index in [4.69, 9.17) is 4.74 Å². The normalized spacial score (nSPS) is 10.1. The lowest BCUT2D eigenvalue weighted by molar-refractivity contribution is 0.0607. The quantitative estimate of drug-likeness (QED) is 0.876. The monoisotopic (exact) mass is 326 g/mol. The Bertz CT molecular complexity index is 542. The first kappa shape index (κ1) is 13.0. The lowest BCUT2D eigenvalue weighted by atomic mass is 10.3. The highest BCUT2D eigenvalue weighted by atomic mass is 79.9. The molecule has 0 atom stereocenters. The van der Waals surface area contributed by atoms with Gasteiger partial charge in [0.2, 0.25) is 0 Å². The summed E-state index contributed by atoms with van der Waals surface area (Å²) in [6.07, 6.45) is 3.51. The smallest absolute Gasteiger partial charge is 0.350 e. The van der Waals surface area contributed by atoms with Gasteiger partial charge < -0.3 is 10.1 Å². The SMILES string of the molecule is COC(=O)c1sc(Br)cc1NCc1cccnc1. The van der Waals surface area contributed by atoms with Crippen molar-refractivity contribution in [2.45, 2.75) is 6.54 Å². The fourth-order valence-corrected chi connectivity index (χ4v) is 2.93. The first-order valence-corrected chi connectivity index (χ1v) is 6.82. The molecule has 4 nitrogen and oxygen atoms in total. The van der Waals surface area contributed by atoms with E-state index in [9.17, 15) is 4.79 Å². The van der Waals surface area contributed by atoms with Gasteiger partial charge >= 0.3 is 5.97 Å². The van der Waals surface area contributed by atoms with Crippen molar-refractivity contribution in [2.24, 2.45) is 0 Å². The fourth-order valence-electron chi connectivity index (χ4n) is 1.44. The minimum atomic E-state index is -0.334. The second-order valence-electron chi connectivity index (χ2n) is 3.50. The van der Waals surface area contributed by atoms with Crippen molar-refractivity contribution in [1.82, 2.24) is 4.98 Å². The molecule has 0 aliphatic rings. The zero-order valence-electron chi connectivity index (χ0n) is 9.64. The number of esters is 1. The first-order chi connectivity index (χ1) is 8.70. The number of methoxy groups -OCH3 is 1. The molecule has 2 heterocycles. The maximum Gasteiger partial charge on any atom is 0.350 e. The number of anilines is 1. The summed E-state index contributed by atoms with van der Waals surface area (Å²) >= 11 is 4.71. The number of halogens is 1. The van der Waals surface area contributed by atoms with E-state index in [2.05, 4.69) is 26.2 Å². The van der Waals surface area contributed by atoms with E-state index >= 15 is 0 Å². The maximum absolute atomic E-state index is 11.6. The number of rotatable bonds is 4. The van der Waals surface area contributed by atoms with Crippen molar-refractivity contribution in [3.8, 4) is 0 Å². The molecule has 0 amide bonds. The Labute approximate surface area is 117 Å². The Morgan fingerprint density at radius 3 is 3.11 bits per heavy atom. The molecule has 0 unspecified atom stereocenters. The number of nitrogens with one attached hydrogen (secondary N) is 1. The molecule has 0 aromatic carbocycles. The number of thiophene rings is 1. The highest BCUT2D eigenvalue weighted by Gasteiger charge is 2.15. The van der Waals surface area contributed by atoms with Crippen LogP contribution in [0.4, 0.5) is 5.69 Å². The van der Waals surface area contributed by atoms with Crippen molar-refractivity contribution in [1.29, 1.82) is 0 Å². The van der Waals surface area contributed by atoms with Crippen LogP contribution < -0.4 is 5.32 Å². The van der Waals surface area contributed by atoms with Crippen LogP contribution in [-0.4, -0.2) is 18.1 Å². The van der Waals surface area contributed by atoms with E-state index in [0.29, 0.717) is 11.4 Å². The summed E-state index contributed by atoms with van der Waals surface area (Å²) < 4.78 is 5.63. The van der Waals surface area contributed by atoms with Gasteiger partial charge in [-0.3, -0.25) is 4.98 Å². The third-order valence-electron chi connectivity index (χ3n) is 2.28. The average Bonchev–Trinajstić information content (AvgIpc) is 2.78. The molecule has 0 aliphatic heterocycles. The summed E-state index contributed by atoms with van der Waals surface area (Å²) in [5.41, 5.74) is 1.82. The fraction of sp³-hybridized carbons (Fsp3) is 0.167. The highest BCUT2D eigenvalue weighted by molar-refractivity contribution is 9.11. The van der Waals surface area contributed by atoms with E-state index in [1.165, 1.54) is 18.4 Å². The van der Waals surface area contributed by atoms with Crippen molar-refractivity contribution >= 4 is 38.9 Å². The van der Waals surface area contributed by atoms with Crippen LogP contribution >= 0.6 is 27.3 Å². The number of carbonyl (C=O) groups is 1. The van der Waals surface area contributed by atoms with Crippen LogP contribution in [0.25, 0.3) is 0 Å². The van der Waals surface area contributed by atoms with Crippen LogP contribution in [0.15, 0.2) is 34.4 Å². The minimum Gasteiger partial charge on any atom is -0.465 e. The van der Waals surface area contributed by atoms with E-state index < -0.39 is 0 Å². The van der Waals surface area contributed by atoms with Gasteiger partial charge in [0.1, 0.15) is 4.88 Å². The topological polar surface area (TPSA) is 51.2 Å². The van der Waals surface area contributed by atoms with E-state index in [1.807, 2.05) is 18.2 Å². The summed E-state index contributed by atoms with van der Waals surface area (Å²) in [6.45, 7) is 0.612. The molecule has 18 heavy (non-hydrogen) atoms. The maximum atomic E-state index is 11.6. The number of aromatic nitrogens is 1. The van der Waals surface area contributed by atoms with Gasteiger partial charge in [0.25, 0.3) is 0 Å². The van der Waals surface area contributed by atoms with Crippen LogP contribution in [0.5, 0.6) is 0 Å². The second-order valence-corrected chi connectivity index (χ2v) is 5.93. The van der Waals surface area contributed by atoms with Gasteiger partial charge in [-0.2, -0.15) is 0 Å². The molecule has 2 rings (SSSR count). The number of nitrogens with zero attached hydrogens (tertiary/aromatic N) is 1. The lowest BCUT2D eigenvalue weighted by Crippen LogP contribution is -2.05. The van der Waals surface area contributed by atoms with E-state index in [0.717, 1.165) is 15.0 Å². The van der Waals surface area contributed by atoms with Gasteiger partial charge in [-0.15, -0.1) is 11.3 Å². The van der Waals surface area contributed by atoms with Crippen molar-refractivity contribution < 1.29 is 9.53 Å². The third-order valence-corrected chi connectivity index (χ3v) is 3.90. The Morgan fingerprint density at radius 2 is 2.44 bits per heavy atom. The van der Waals surface area contributed by atoms with E-state index in [-0.39, 0.29) is 5.97 Å². The minimum absolute atomic E-state index is 0.334. The molecule has 1 N–H and O–H groups in total. The molecule has 0 radical (unpaired) electrons. The molecule has 2 aromatic rings. The van der Waals surface area contributed by atoms with Crippen LogP contribution in [0.2, 0.25) is 0 Å². The van der Waals surface area contributed by atoms with Crippen molar-refractivity contribution in [2.75, 3.05) is 12.4 Å². The Hall–Kier alpha value is -1.40. The molecule has 0 aliphatic carbocycles. The van der Waals surface area contributed by atoms with Crippen molar-refractivity contribution in [3.05, 3.63) is 44.8 Å². The van der Waals surface area contributed by atoms with Gasteiger partial charge in [-0.1, -0.05) is 6.07 Å². The lowest BCUT2D eigenvalue weighted by Gasteiger charge is -2.06. The summed E-state index contributed by atoms with van der Waals surface area (Å²) in [4.78, 5) is 16.2. The van der Waals surface area contributed by atoms with Crippen LogP contribution in [0.1, 0.15) is 15.2 Å². The van der Waals surface area contributed by atoms with E-state index in [1.54, 1.807) is 12.4 Å². The standard InChI is InChI=1S/C12H11BrN2O2S/c1-17-12(16)11-9(5-10(13)18-11)15-7-8-3-2-4-14-6-8/h2-6,15H,7H2,1H3. The summed E-state index contributed by atoms with van der Waals surface area (Å²) in [7, 11) is 1.38. The molecule has 0 fully saturated rings. The Morgan fingerprint density at radius 1 is 1.61 bits per heavy atom. The molecular weight excluding hydrogens is 316 g/mol. The predicted molar refractivity (Wildman–Crippen MR) is 74.9 cm³/mol. The molecule has 2 aromatic heterocycles. The molecule has 0 bridgehead atoms. The average molecular weight is 327 g/mol. The number of pyridine rings is 1. The summed E-state index contributed by atoms with van der Waals surface area (Å²) in [5.74, 6) is -0.334. The molecule has 94 valence electrons. The van der Waals surface area contributed by atoms with Gasteiger partial charge in [-0.25, -0.2) is 4.79 Å². The molecule has 6 heteroatoms. The number of hydrogen-bond donors (Lipinski definition) is 1. The zero-order valence-corrected chi connectivity index (χ0v) is 12.0. The second kappa shape index (κ2) is 5.97.